The van der Waals surface area contributed by atoms with Crippen molar-refractivity contribution in [1.82, 2.24) is 0 Å². The Kier molecular flexibility index (Phi) is 3.02. The van der Waals surface area contributed by atoms with Gasteiger partial charge in [0.05, 0.1) is 17.5 Å². The molecule has 0 spiro atoms. The third-order valence-corrected chi connectivity index (χ3v) is 3.64. The largest absolute Gasteiger partial charge is 0.495 e. The first-order valence-corrected chi connectivity index (χ1v) is 5.71. The number of carbonyl (C=O) groups is 1. The topological polar surface area (TPSA) is 72.5 Å². The van der Waals surface area contributed by atoms with Crippen LogP contribution in [-0.2, 0) is 4.79 Å². The number of ether oxygens (including phenoxy) is 1. The number of methoxy groups -OCH3 is 1. The molecule has 17 heavy (non-hydrogen) atoms. The standard InChI is InChI=1S/C12H14ClNO3/c1-17-9-3-2-7(6-8(9)13)10(14)12(4-5-12)11(15)16/h2-3,6,10H,4-5,14H2,1H3,(H,15,16). The van der Waals surface area contributed by atoms with E-state index in [1.54, 1.807) is 18.2 Å². The van der Waals surface area contributed by atoms with Crippen molar-refractivity contribution in [1.29, 1.82) is 0 Å². The maximum absolute atomic E-state index is 11.2. The molecule has 1 saturated carbocycles. The number of carboxylic acids is 1. The van der Waals surface area contributed by atoms with Gasteiger partial charge in [-0.25, -0.2) is 0 Å². The van der Waals surface area contributed by atoms with Crippen LogP contribution in [0.4, 0.5) is 0 Å². The van der Waals surface area contributed by atoms with E-state index in [4.69, 9.17) is 27.2 Å². The second kappa shape index (κ2) is 4.20. The van der Waals surface area contributed by atoms with Crippen LogP contribution in [-0.4, -0.2) is 18.2 Å². The summed E-state index contributed by atoms with van der Waals surface area (Å²) in [6, 6.07) is 4.62. The minimum absolute atomic E-state index is 0.446. The van der Waals surface area contributed by atoms with E-state index in [0.29, 0.717) is 23.6 Å². The fourth-order valence-electron chi connectivity index (χ4n) is 1.99. The Morgan fingerprint density at radius 3 is 2.65 bits per heavy atom. The SMILES string of the molecule is COc1ccc(C(N)C2(C(=O)O)CC2)cc1Cl. The predicted molar refractivity (Wildman–Crippen MR) is 64.2 cm³/mol. The van der Waals surface area contributed by atoms with Crippen molar-refractivity contribution in [2.24, 2.45) is 11.1 Å². The lowest BCUT2D eigenvalue weighted by molar-refractivity contribution is -0.144. The number of rotatable bonds is 4. The van der Waals surface area contributed by atoms with Gasteiger partial charge in [-0.15, -0.1) is 0 Å². The first-order valence-electron chi connectivity index (χ1n) is 5.33. The molecule has 0 heterocycles. The molecule has 0 aromatic heterocycles. The smallest absolute Gasteiger partial charge is 0.311 e. The molecule has 4 nitrogen and oxygen atoms in total. The molecule has 1 aliphatic carbocycles. The summed E-state index contributed by atoms with van der Waals surface area (Å²) in [5, 5.41) is 9.61. The van der Waals surface area contributed by atoms with Crippen LogP contribution >= 0.6 is 11.6 Å². The van der Waals surface area contributed by atoms with Crippen molar-refractivity contribution < 1.29 is 14.6 Å². The van der Waals surface area contributed by atoms with Crippen LogP contribution in [0.15, 0.2) is 18.2 Å². The van der Waals surface area contributed by atoms with Gasteiger partial charge in [0.1, 0.15) is 5.75 Å². The van der Waals surface area contributed by atoms with Crippen LogP contribution in [0.2, 0.25) is 5.02 Å². The van der Waals surface area contributed by atoms with Crippen LogP contribution in [0, 0.1) is 5.41 Å². The lowest BCUT2D eigenvalue weighted by Crippen LogP contribution is -2.29. The highest BCUT2D eigenvalue weighted by atomic mass is 35.5. The van der Waals surface area contributed by atoms with E-state index in [0.717, 1.165) is 5.56 Å². The zero-order valence-electron chi connectivity index (χ0n) is 9.44. The fraction of sp³-hybridized carbons (Fsp3) is 0.417. The van der Waals surface area contributed by atoms with E-state index in [1.165, 1.54) is 7.11 Å². The van der Waals surface area contributed by atoms with E-state index in [9.17, 15) is 4.79 Å². The summed E-state index contributed by atoms with van der Waals surface area (Å²) in [7, 11) is 1.53. The second-order valence-electron chi connectivity index (χ2n) is 4.33. The monoisotopic (exact) mass is 255 g/mol. The summed E-state index contributed by atoms with van der Waals surface area (Å²) in [5.74, 6) is -0.278. The Balaban J connectivity index is 2.29. The maximum Gasteiger partial charge on any atom is 0.311 e. The van der Waals surface area contributed by atoms with E-state index in [1.807, 2.05) is 0 Å². The lowest BCUT2D eigenvalue weighted by atomic mass is 9.91. The Bertz CT molecular complexity index is 457. The molecule has 1 unspecified atom stereocenters. The van der Waals surface area contributed by atoms with Crippen molar-refractivity contribution in [3.63, 3.8) is 0 Å². The van der Waals surface area contributed by atoms with Crippen LogP contribution in [0.25, 0.3) is 0 Å². The van der Waals surface area contributed by atoms with Gasteiger partial charge in [0.15, 0.2) is 0 Å². The highest BCUT2D eigenvalue weighted by molar-refractivity contribution is 6.32. The minimum atomic E-state index is -0.836. The van der Waals surface area contributed by atoms with Crippen molar-refractivity contribution >= 4 is 17.6 Å². The Morgan fingerprint density at radius 2 is 2.24 bits per heavy atom. The molecule has 92 valence electrons. The number of hydrogen-bond acceptors (Lipinski definition) is 3. The quantitative estimate of drug-likeness (QED) is 0.865. The van der Waals surface area contributed by atoms with Crippen LogP contribution in [0.5, 0.6) is 5.75 Å². The Labute approximate surface area is 104 Å². The molecule has 5 heteroatoms. The van der Waals surface area contributed by atoms with E-state index >= 15 is 0 Å². The molecular weight excluding hydrogens is 242 g/mol. The van der Waals surface area contributed by atoms with E-state index < -0.39 is 17.4 Å². The highest BCUT2D eigenvalue weighted by Crippen LogP contribution is 2.54. The average Bonchev–Trinajstić information content (AvgIpc) is 3.09. The molecule has 1 aromatic carbocycles. The van der Waals surface area contributed by atoms with Crippen molar-refractivity contribution in [3.05, 3.63) is 28.8 Å². The second-order valence-corrected chi connectivity index (χ2v) is 4.74. The average molecular weight is 256 g/mol. The zero-order chi connectivity index (χ0) is 12.6. The summed E-state index contributed by atoms with van der Waals surface area (Å²) in [4.78, 5) is 11.2. The third-order valence-electron chi connectivity index (χ3n) is 3.34. The molecule has 3 N–H and O–H groups in total. The molecule has 1 fully saturated rings. The van der Waals surface area contributed by atoms with Crippen LogP contribution < -0.4 is 10.5 Å². The molecule has 1 aliphatic rings. The normalized spacial score (nSPS) is 18.5. The number of aliphatic carboxylic acids is 1. The Morgan fingerprint density at radius 1 is 1.59 bits per heavy atom. The van der Waals surface area contributed by atoms with Gasteiger partial charge in [-0.05, 0) is 30.5 Å². The number of benzene rings is 1. The molecule has 0 amide bonds. The van der Waals surface area contributed by atoms with Crippen molar-refractivity contribution in [2.75, 3.05) is 7.11 Å². The number of nitrogens with two attached hydrogens (primary N) is 1. The van der Waals surface area contributed by atoms with Gasteiger partial charge in [-0.2, -0.15) is 0 Å². The molecule has 0 bridgehead atoms. The van der Waals surface area contributed by atoms with Gasteiger partial charge < -0.3 is 15.6 Å². The fourth-order valence-corrected chi connectivity index (χ4v) is 2.25. The molecule has 0 radical (unpaired) electrons. The zero-order valence-corrected chi connectivity index (χ0v) is 10.2. The third kappa shape index (κ3) is 1.98. The summed E-state index contributed by atoms with van der Waals surface area (Å²) < 4.78 is 5.04. The van der Waals surface area contributed by atoms with E-state index in [2.05, 4.69) is 0 Å². The van der Waals surface area contributed by atoms with Gasteiger partial charge >= 0.3 is 5.97 Å². The van der Waals surface area contributed by atoms with Crippen LogP contribution in [0.1, 0.15) is 24.4 Å². The van der Waals surface area contributed by atoms with E-state index in [-0.39, 0.29) is 0 Å². The summed E-state index contributed by atoms with van der Waals surface area (Å²) >= 11 is 6.00. The van der Waals surface area contributed by atoms with Crippen molar-refractivity contribution in [2.45, 2.75) is 18.9 Å². The van der Waals surface area contributed by atoms with Crippen molar-refractivity contribution in [3.8, 4) is 5.75 Å². The molecule has 1 aromatic rings. The molecule has 1 atom stereocenters. The number of hydrogen-bond donors (Lipinski definition) is 2. The molecular formula is C12H14ClNO3. The highest BCUT2D eigenvalue weighted by Gasteiger charge is 2.55. The summed E-state index contributed by atoms with van der Waals surface area (Å²) in [5.41, 5.74) is 5.94. The van der Waals surface area contributed by atoms with Gasteiger partial charge in [0.2, 0.25) is 0 Å². The minimum Gasteiger partial charge on any atom is -0.495 e. The van der Waals surface area contributed by atoms with Crippen LogP contribution in [0.3, 0.4) is 0 Å². The van der Waals surface area contributed by atoms with Gasteiger partial charge in [-0.1, -0.05) is 17.7 Å². The first kappa shape index (κ1) is 12.2. The number of carboxylic acid groups (broad SMARTS) is 1. The maximum atomic E-state index is 11.2. The summed E-state index contributed by atoms with van der Waals surface area (Å²) in [6.07, 6.45) is 1.24. The predicted octanol–water partition coefficient (Wildman–Crippen LogP) is 2.21. The van der Waals surface area contributed by atoms with Gasteiger partial charge in [0, 0.05) is 6.04 Å². The van der Waals surface area contributed by atoms with Gasteiger partial charge in [0.25, 0.3) is 0 Å². The molecule has 2 rings (SSSR count). The summed E-state index contributed by atoms with van der Waals surface area (Å²) in [6.45, 7) is 0. The first-order chi connectivity index (χ1) is 8.01. The molecule has 0 saturated heterocycles. The van der Waals surface area contributed by atoms with Gasteiger partial charge in [-0.3, -0.25) is 4.79 Å². The lowest BCUT2D eigenvalue weighted by Gasteiger charge is -2.20. The Hall–Kier alpha value is -1.26. The molecule has 0 aliphatic heterocycles. The number of halogens is 1.